The molecule has 9 heteroatoms. The largest absolute Gasteiger partial charge is 0.290 e. The van der Waals surface area contributed by atoms with Crippen molar-refractivity contribution >= 4 is 45.9 Å². The molecule has 0 saturated heterocycles. The third-order valence-corrected chi connectivity index (χ3v) is 5.15. The molecule has 28 heavy (non-hydrogen) atoms. The first kappa shape index (κ1) is 19.9. The average molecular weight is 417 g/mol. The van der Waals surface area contributed by atoms with Crippen molar-refractivity contribution in [2.24, 2.45) is 0 Å². The normalized spacial score (nSPS) is 10.6. The molecule has 2 N–H and O–H groups in total. The Morgan fingerprint density at radius 1 is 1.07 bits per heavy atom. The van der Waals surface area contributed by atoms with E-state index in [9.17, 15) is 14.4 Å². The summed E-state index contributed by atoms with van der Waals surface area (Å²) in [5, 5.41) is 5.57. The van der Waals surface area contributed by atoms with E-state index in [1.54, 1.807) is 43.3 Å². The summed E-state index contributed by atoms with van der Waals surface area (Å²) in [6.07, 6.45) is 0. The number of fused-ring (bicyclic) bond motifs is 1. The Bertz CT molecular complexity index is 1080. The number of amides is 2. The number of hydrogen-bond acceptors (Lipinski definition) is 5. The molecule has 1 heterocycles. The van der Waals surface area contributed by atoms with Crippen molar-refractivity contribution in [1.29, 1.82) is 0 Å². The molecule has 0 unspecified atom stereocenters. The van der Waals surface area contributed by atoms with Crippen LogP contribution in [0.15, 0.2) is 58.2 Å². The van der Waals surface area contributed by atoms with Gasteiger partial charge in [-0.15, -0.1) is 11.8 Å². The lowest BCUT2D eigenvalue weighted by atomic mass is 10.1. The quantitative estimate of drug-likeness (QED) is 0.492. The van der Waals surface area contributed by atoms with Gasteiger partial charge in [-0.1, -0.05) is 29.8 Å². The van der Waals surface area contributed by atoms with Gasteiger partial charge in [0.25, 0.3) is 11.5 Å². The van der Waals surface area contributed by atoms with Gasteiger partial charge in [0.2, 0.25) is 5.91 Å². The van der Waals surface area contributed by atoms with Gasteiger partial charge >= 0.3 is 0 Å². The van der Waals surface area contributed by atoms with Gasteiger partial charge in [-0.3, -0.25) is 25.2 Å². The third-order valence-electron chi connectivity index (χ3n) is 3.88. The van der Waals surface area contributed by atoms with Crippen molar-refractivity contribution in [1.82, 2.24) is 20.6 Å². The maximum atomic E-state index is 12.5. The van der Waals surface area contributed by atoms with E-state index in [1.807, 2.05) is 12.1 Å². The number of carbonyl (C=O) groups excluding carboxylic acids is 2. The van der Waals surface area contributed by atoms with Crippen LogP contribution in [-0.2, 0) is 11.3 Å². The van der Waals surface area contributed by atoms with Crippen LogP contribution in [0.3, 0.4) is 0 Å². The molecule has 1 aromatic heterocycles. The standard InChI is InChI=1S/C19H17ClN4O3S/c1-2-24-19(27)15-6-4-3-5-14(15)17(23-24)18(26)22-21-16(25)11-28-13-9-7-12(20)8-10-13/h3-10H,2,11H2,1H3,(H,21,25)(H,22,26). The lowest BCUT2D eigenvalue weighted by Gasteiger charge is -2.11. The van der Waals surface area contributed by atoms with Crippen LogP contribution in [-0.4, -0.2) is 27.3 Å². The number of aromatic nitrogens is 2. The van der Waals surface area contributed by atoms with E-state index in [1.165, 1.54) is 16.4 Å². The molecule has 3 aromatic rings. The number of thioether (sulfide) groups is 1. The summed E-state index contributed by atoms with van der Waals surface area (Å²) in [5.74, 6) is -0.852. The first-order valence-corrected chi connectivity index (χ1v) is 9.83. The van der Waals surface area contributed by atoms with Gasteiger partial charge in [-0.05, 0) is 37.3 Å². The first-order chi connectivity index (χ1) is 13.5. The first-order valence-electron chi connectivity index (χ1n) is 8.47. The maximum absolute atomic E-state index is 12.5. The minimum Gasteiger partial charge on any atom is -0.272 e. The van der Waals surface area contributed by atoms with E-state index in [4.69, 9.17) is 11.6 Å². The van der Waals surface area contributed by atoms with Crippen LogP contribution in [0.4, 0.5) is 0 Å². The fourth-order valence-corrected chi connectivity index (χ4v) is 3.34. The molecule has 144 valence electrons. The average Bonchev–Trinajstić information content (AvgIpc) is 2.72. The molecule has 0 saturated carbocycles. The third kappa shape index (κ3) is 4.52. The predicted molar refractivity (Wildman–Crippen MR) is 109 cm³/mol. The highest BCUT2D eigenvalue weighted by Gasteiger charge is 2.16. The highest BCUT2D eigenvalue weighted by molar-refractivity contribution is 8.00. The predicted octanol–water partition coefficient (Wildman–Crippen LogP) is 2.62. The van der Waals surface area contributed by atoms with Gasteiger partial charge in [0.05, 0.1) is 11.1 Å². The smallest absolute Gasteiger partial charge is 0.272 e. The van der Waals surface area contributed by atoms with Crippen LogP contribution in [0.5, 0.6) is 0 Å². The lowest BCUT2D eigenvalue weighted by Crippen LogP contribution is -2.43. The maximum Gasteiger partial charge on any atom is 0.290 e. The van der Waals surface area contributed by atoms with Gasteiger partial charge in [-0.2, -0.15) is 5.10 Å². The molecule has 0 bridgehead atoms. The molecule has 0 aliphatic rings. The lowest BCUT2D eigenvalue weighted by molar-refractivity contribution is -0.119. The fraction of sp³-hybridized carbons (Fsp3) is 0.158. The summed E-state index contributed by atoms with van der Waals surface area (Å²) in [6, 6.07) is 13.8. The molecule has 0 radical (unpaired) electrons. The fourth-order valence-electron chi connectivity index (χ4n) is 2.52. The summed E-state index contributed by atoms with van der Waals surface area (Å²) in [7, 11) is 0. The number of hydrazine groups is 1. The SMILES string of the molecule is CCn1nc(C(=O)NNC(=O)CSc2ccc(Cl)cc2)c2ccccc2c1=O. The van der Waals surface area contributed by atoms with Crippen LogP contribution < -0.4 is 16.4 Å². The molecular weight excluding hydrogens is 400 g/mol. The number of benzene rings is 2. The summed E-state index contributed by atoms with van der Waals surface area (Å²) < 4.78 is 1.22. The zero-order valence-electron chi connectivity index (χ0n) is 14.9. The second-order valence-electron chi connectivity index (χ2n) is 5.76. The second kappa shape index (κ2) is 8.90. The zero-order valence-corrected chi connectivity index (χ0v) is 16.5. The van der Waals surface area contributed by atoms with E-state index < -0.39 is 5.91 Å². The highest BCUT2D eigenvalue weighted by atomic mass is 35.5. The van der Waals surface area contributed by atoms with Gasteiger partial charge in [-0.25, -0.2) is 4.68 Å². The van der Waals surface area contributed by atoms with Crippen molar-refractivity contribution < 1.29 is 9.59 Å². The monoisotopic (exact) mass is 416 g/mol. The van der Waals surface area contributed by atoms with Crippen molar-refractivity contribution in [3.05, 3.63) is 69.6 Å². The second-order valence-corrected chi connectivity index (χ2v) is 7.25. The molecule has 7 nitrogen and oxygen atoms in total. The Labute approximate surface area is 170 Å². The minimum atomic E-state index is -0.594. The summed E-state index contributed by atoms with van der Waals surface area (Å²) >= 11 is 7.14. The van der Waals surface area contributed by atoms with Crippen LogP contribution in [0.1, 0.15) is 17.4 Å². The Morgan fingerprint density at radius 3 is 2.43 bits per heavy atom. The summed E-state index contributed by atoms with van der Waals surface area (Å²) in [5.41, 5.74) is 4.53. The highest BCUT2D eigenvalue weighted by Crippen LogP contribution is 2.19. The van der Waals surface area contributed by atoms with Crippen LogP contribution in [0, 0.1) is 0 Å². The van der Waals surface area contributed by atoms with Gasteiger partial charge in [0.15, 0.2) is 5.69 Å². The van der Waals surface area contributed by atoms with Crippen LogP contribution >= 0.6 is 23.4 Å². The van der Waals surface area contributed by atoms with Crippen molar-refractivity contribution in [2.75, 3.05) is 5.75 Å². The Hall–Kier alpha value is -2.84. The number of nitrogens with zero attached hydrogens (tertiary/aromatic N) is 2. The van der Waals surface area contributed by atoms with Crippen molar-refractivity contribution in [2.45, 2.75) is 18.4 Å². The summed E-state index contributed by atoms with van der Waals surface area (Å²) in [6.45, 7) is 2.09. The van der Waals surface area contributed by atoms with Crippen LogP contribution in [0.2, 0.25) is 5.02 Å². The molecule has 2 amide bonds. The molecule has 0 aliphatic heterocycles. The van der Waals surface area contributed by atoms with E-state index >= 15 is 0 Å². The van der Waals surface area contributed by atoms with Gasteiger partial charge < -0.3 is 0 Å². The molecular formula is C19H17ClN4O3S. The van der Waals surface area contributed by atoms with E-state index in [0.717, 1.165) is 4.90 Å². The number of carbonyl (C=O) groups is 2. The number of nitrogens with one attached hydrogen (secondary N) is 2. The van der Waals surface area contributed by atoms with Crippen molar-refractivity contribution in [3.8, 4) is 0 Å². The number of rotatable bonds is 5. The Morgan fingerprint density at radius 2 is 1.75 bits per heavy atom. The molecule has 0 spiro atoms. The Kier molecular flexibility index (Phi) is 6.33. The molecule has 0 atom stereocenters. The zero-order chi connectivity index (χ0) is 20.1. The van der Waals surface area contributed by atoms with E-state index in [-0.39, 0.29) is 22.9 Å². The van der Waals surface area contributed by atoms with E-state index in [0.29, 0.717) is 22.3 Å². The molecule has 0 fully saturated rings. The topological polar surface area (TPSA) is 93.1 Å². The Balaban J connectivity index is 1.68. The van der Waals surface area contributed by atoms with Gasteiger partial charge in [0, 0.05) is 21.8 Å². The molecule has 3 rings (SSSR count). The summed E-state index contributed by atoms with van der Waals surface area (Å²) in [4.78, 5) is 37.8. The van der Waals surface area contributed by atoms with Gasteiger partial charge in [0.1, 0.15) is 0 Å². The molecule has 0 aliphatic carbocycles. The van der Waals surface area contributed by atoms with Crippen LogP contribution in [0.25, 0.3) is 10.8 Å². The number of hydrogen-bond donors (Lipinski definition) is 2. The van der Waals surface area contributed by atoms with E-state index in [2.05, 4.69) is 16.0 Å². The number of halogens is 1. The minimum absolute atomic E-state index is 0.0719. The molecule has 2 aromatic carbocycles. The van der Waals surface area contributed by atoms with Crippen molar-refractivity contribution in [3.63, 3.8) is 0 Å². The number of aryl methyl sites for hydroxylation is 1.